The largest absolute Gasteiger partial charge is 0.504 e. The topological polar surface area (TPSA) is 58.6 Å². The lowest BCUT2D eigenvalue weighted by molar-refractivity contribution is -0.144. The summed E-state index contributed by atoms with van der Waals surface area (Å²) in [5, 5.41) is 13.1. The maximum atomic E-state index is 13.6. The Hall–Kier alpha value is -2.23. The van der Waals surface area contributed by atoms with Gasteiger partial charge in [0, 0.05) is 6.54 Å². The molecule has 1 saturated carbocycles. The second-order valence-electron chi connectivity index (χ2n) is 10.9. The molecule has 1 aromatic carbocycles. The van der Waals surface area contributed by atoms with Gasteiger partial charge in [0.15, 0.2) is 11.5 Å². The predicted octanol–water partition coefficient (Wildman–Crippen LogP) is 6.15. The van der Waals surface area contributed by atoms with Crippen LogP contribution in [0.1, 0.15) is 71.8 Å². The molecule has 0 radical (unpaired) electrons. The first-order valence-corrected chi connectivity index (χ1v) is 12.2. The molecule has 0 saturated heterocycles. The lowest BCUT2D eigenvalue weighted by atomic mass is 9.46. The van der Waals surface area contributed by atoms with Crippen molar-refractivity contribution >= 4 is 5.91 Å². The molecule has 0 unspecified atom stereocenters. The van der Waals surface area contributed by atoms with Crippen molar-refractivity contribution in [2.45, 2.75) is 72.8 Å². The highest BCUT2D eigenvalue weighted by Gasteiger charge is 2.56. The molecule has 4 heteroatoms. The van der Waals surface area contributed by atoms with Crippen molar-refractivity contribution < 1.29 is 14.6 Å². The Morgan fingerprint density at radius 1 is 1.28 bits per heavy atom. The molecule has 0 spiro atoms. The van der Waals surface area contributed by atoms with Crippen molar-refractivity contribution in [1.29, 1.82) is 0 Å². The number of phenolic OH excluding ortho intramolecular Hbond substituents is 1. The number of nitrogens with one attached hydrogen (secondary N) is 1. The third-order valence-electron chi connectivity index (χ3n) is 8.80. The van der Waals surface area contributed by atoms with Crippen LogP contribution in [0, 0.1) is 28.6 Å². The fourth-order valence-electron chi connectivity index (χ4n) is 6.83. The number of aromatic hydroxyl groups is 1. The van der Waals surface area contributed by atoms with Crippen molar-refractivity contribution in [3.05, 3.63) is 47.1 Å². The molecule has 32 heavy (non-hydrogen) atoms. The fourth-order valence-corrected chi connectivity index (χ4v) is 6.83. The summed E-state index contributed by atoms with van der Waals surface area (Å²) >= 11 is 0. The Kier molecular flexibility index (Phi) is 6.17. The van der Waals surface area contributed by atoms with Gasteiger partial charge in [0.2, 0.25) is 5.91 Å². The molecule has 3 aliphatic carbocycles. The van der Waals surface area contributed by atoms with Gasteiger partial charge in [0.05, 0.1) is 12.5 Å². The molecule has 174 valence electrons. The van der Waals surface area contributed by atoms with Crippen LogP contribution in [0.2, 0.25) is 0 Å². The number of phenols is 1. The summed E-state index contributed by atoms with van der Waals surface area (Å²) in [6, 6.07) is 5.25. The minimum Gasteiger partial charge on any atom is -0.504 e. The summed E-state index contributed by atoms with van der Waals surface area (Å²) in [4.78, 5) is 13.6. The molecule has 0 heterocycles. The summed E-state index contributed by atoms with van der Waals surface area (Å²) in [6.07, 6.45) is 11.6. The van der Waals surface area contributed by atoms with E-state index in [4.69, 9.17) is 4.74 Å². The zero-order valence-corrected chi connectivity index (χ0v) is 20.3. The molecular formula is C28H39NO3. The highest BCUT2D eigenvalue weighted by molar-refractivity contribution is 5.83. The van der Waals surface area contributed by atoms with Gasteiger partial charge in [-0.15, -0.1) is 0 Å². The Labute approximate surface area is 193 Å². The summed E-state index contributed by atoms with van der Waals surface area (Å²) in [5.74, 6) is 2.25. The zero-order chi connectivity index (χ0) is 23.1. The van der Waals surface area contributed by atoms with E-state index in [-0.39, 0.29) is 22.5 Å². The van der Waals surface area contributed by atoms with Crippen molar-refractivity contribution in [2.75, 3.05) is 7.11 Å². The number of allylic oxidation sites excluding steroid dienone is 4. The molecule has 1 amide bonds. The number of benzene rings is 1. The molecule has 0 aliphatic heterocycles. The molecule has 1 fully saturated rings. The molecule has 2 N–H and O–H groups in total. The second kappa shape index (κ2) is 8.61. The second-order valence-corrected chi connectivity index (χ2v) is 10.9. The first kappa shape index (κ1) is 22.9. The van der Waals surface area contributed by atoms with Gasteiger partial charge in [0.25, 0.3) is 0 Å². The van der Waals surface area contributed by atoms with Crippen LogP contribution in [0.25, 0.3) is 0 Å². The van der Waals surface area contributed by atoms with Gasteiger partial charge in [-0.25, -0.2) is 0 Å². The fraction of sp³-hybridized carbons (Fsp3) is 0.607. The Balaban J connectivity index is 1.54. The third kappa shape index (κ3) is 3.86. The zero-order valence-electron chi connectivity index (χ0n) is 20.3. The van der Waals surface area contributed by atoms with Crippen LogP contribution in [0.5, 0.6) is 11.5 Å². The number of amides is 1. The molecule has 4 atom stereocenters. The van der Waals surface area contributed by atoms with Crippen LogP contribution in [0.3, 0.4) is 0 Å². The Morgan fingerprint density at radius 3 is 2.78 bits per heavy atom. The number of hydrogen-bond donors (Lipinski definition) is 2. The number of carbonyl (C=O) groups is 1. The average molecular weight is 438 g/mol. The minimum atomic E-state index is -0.363. The van der Waals surface area contributed by atoms with Crippen LogP contribution in [0.15, 0.2) is 41.5 Å². The molecule has 0 aromatic heterocycles. The Morgan fingerprint density at radius 2 is 2.06 bits per heavy atom. The number of hydrogen-bond acceptors (Lipinski definition) is 3. The number of carbonyl (C=O) groups excluding carboxylic acids is 1. The van der Waals surface area contributed by atoms with Gasteiger partial charge < -0.3 is 15.2 Å². The van der Waals surface area contributed by atoms with E-state index in [1.165, 1.54) is 31.9 Å². The van der Waals surface area contributed by atoms with Crippen LogP contribution in [0.4, 0.5) is 0 Å². The van der Waals surface area contributed by atoms with Gasteiger partial charge >= 0.3 is 0 Å². The quantitative estimate of drug-likeness (QED) is 0.581. The van der Waals surface area contributed by atoms with E-state index in [2.05, 4.69) is 45.2 Å². The van der Waals surface area contributed by atoms with Crippen molar-refractivity contribution in [3.63, 3.8) is 0 Å². The summed E-state index contributed by atoms with van der Waals surface area (Å²) in [5.41, 5.74) is 3.85. The standard InChI is InChI=1S/C28H39NO3/c1-18(2)20-8-10-22-21(16-20)9-12-25-27(22,3)13-6-14-28(25,4)26(31)29-17-19-7-11-23(30)24(15-19)32-5/h7,9,11,15-16,18,22,25,30H,6,8,10,12-14,17H2,1-5H3,(H,29,31)/t22-,25+,27+,28-/m0/s1. The third-order valence-corrected chi connectivity index (χ3v) is 8.80. The summed E-state index contributed by atoms with van der Waals surface area (Å²) in [7, 11) is 1.54. The van der Waals surface area contributed by atoms with Crippen molar-refractivity contribution in [1.82, 2.24) is 5.32 Å². The Bertz CT molecular complexity index is 946. The highest BCUT2D eigenvalue weighted by atomic mass is 16.5. The normalized spacial score (nSPS) is 31.8. The van der Waals surface area contributed by atoms with Gasteiger partial charge in [-0.1, -0.05) is 57.9 Å². The van der Waals surface area contributed by atoms with Gasteiger partial charge in [0.1, 0.15) is 0 Å². The number of rotatable bonds is 5. The first-order chi connectivity index (χ1) is 15.2. The van der Waals surface area contributed by atoms with Crippen LogP contribution < -0.4 is 10.1 Å². The maximum Gasteiger partial charge on any atom is 0.226 e. The summed E-state index contributed by atoms with van der Waals surface area (Å²) < 4.78 is 5.21. The predicted molar refractivity (Wildman–Crippen MR) is 128 cm³/mol. The molecular weight excluding hydrogens is 398 g/mol. The number of methoxy groups -OCH3 is 1. The minimum absolute atomic E-state index is 0.115. The van der Waals surface area contributed by atoms with E-state index < -0.39 is 0 Å². The lowest BCUT2D eigenvalue weighted by Crippen LogP contribution is -2.55. The molecule has 4 nitrogen and oxygen atoms in total. The van der Waals surface area contributed by atoms with Gasteiger partial charge in [-0.3, -0.25) is 4.79 Å². The smallest absolute Gasteiger partial charge is 0.226 e. The van der Waals surface area contributed by atoms with Crippen LogP contribution >= 0.6 is 0 Å². The highest BCUT2D eigenvalue weighted by Crippen LogP contribution is 2.62. The van der Waals surface area contributed by atoms with E-state index in [1.807, 2.05) is 6.07 Å². The number of fused-ring (bicyclic) bond motifs is 3. The van der Waals surface area contributed by atoms with Crippen molar-refractivity contribution in [2.24, 2.45) is 28.6 Å². The first-order valence-electron chi connectivity index (χ1n) is 12.2. The van der Waals surface area contributed by atoms with E-state index in [1.54, 1.807) is 17.7 Å². The van der Waals surface area contributed by atoms with Crippen molar-refractivity contribution in [3.8, 4) is 11.5 Å². The lowest BCUT2D eigenvalue weighted by Gasteiger charge is -2.57. The average Bonchev–Trinajstić information content (AvgIpc) is 2.77. The van der Waals surface area contributed by atoms with Crippen LogP contribution in [-0.2, 0) is 11.3 Å². The molecule has 0 bridgehead atoms. The maximum absolute atomic E-state index is 13.6. The van der Waals surface area contributed by atoms with E-state index >= 15 is 0 Å². The van der Waals surface area contributed by atoms with E-state index in [0.717, 1.165) is 24.8 Å². The molecule has 4 rings (SSSR count). The van der Waals surface area contributed by atoms with Gasteiger partial charge in [-0.05, 0) is 78.5 Å². The van der Waals surface area contributed by atoms with Crippen LogP contribution in [-0.4, -0.2) is 18.1 Å². The summed E-state index contributed by atoms with van der Waals surface area (Å²) in [6.45, 7) is 9.69. The van der Waals surface area contributed by atoms with E-state index in [0.29, 0.717) is 30.0 Å². The van der Waals surface area contributed by atoms with E-state index in [9.17, 15) is 9.90 Å². The SMILES string of the molecule is COc1cc(CNC(=O)[C@@]2(C)CCC[C@@]3(C)[C@H]2CC=C2C=C(C(C)C)CC[C@@H]23)ccc1O. The molecule has 1 aromatic rings. The number of ether oxygens (including phenoxy) is 1. The monoisotopic (exact) mass is 437 g/mol. The van der Waals surface area contributed by atoms with Gasteiger partial charge in [-0.2, -0.15) is 0 Å². The molecule has 3 aliphatic rings.